The van der Waals surface area contributed by atoms with Crippen molar-refractivity contribution in [1.82, 2.24) is 10.6 Å². The van der Waals surface area contributed by atoms with E-state index in [1.807, 2.05) is 0 Å². The predicted octanol–water partition coefficient (Wildman–Crippen LogP) is -0.250. The van der Waals surface area contributed by atoms with Gasteiger partial charge in [-0.05, 0) is 19.9 Å². The molecule has 0 aliphatic rings. The molecule has 0 aliphatic carbocycles. The average Bonchev–Trinajstić information content (AvgIpc) is 2.20. The molecule has 1 unspecified atom stereocenters. The summed E-state index contributed by atoms with van der Waals surface area (Å²) < 4.78 is 4.88. The van der Waals surface area contributed by atoms with Crippen molar-refractivity contribution in [3.05, 3.63) is 0 Å². The zero-order valence-electron chi connectivity index (χ0n) is 8.80. The van der Waals surface area contributed by atoms with E-state index in [1.165, 1.54) is 0 Å². The SMILES string of the molecule is C#CCNC(=O)C(C)NCCCOC. The van der Waals surface area contributed by atoms with Crippen LogP contribution in [0.15, 0.2) is 0 Å². The molecule has 0 rings (SSSR count). The van der Waals surface area contributed by atoms with Crippen molar-refractivity contribution in [2.45, 2.75) is 19.4 Å². The van der Waals surface area contributed by atoms with E-state index in [1.54, 1.807) is 14.0 Å². The third-order valence-corrected chi connectivity index (χ3v) is 1.73. The molecule has 14 heavy (non-hydrogen) atoms. The zero-order valence-corrected chi connectivity index (χ0v) is 8.80. The Bertz CT molecular complexity index is 199. The molecule has 0 heterocycles. The van der Waals surface area contributed by atoms with E-state index in [-0.39, 0.29) is 18.5 Å². The molecule has 1 atom stereocenters. The predicted molar refractivity (Wildman–Crippen MR) is 55.8 cm³/mol. The van der Waals surface area contributed by atoms with Crippen LogP contribution in [0.25, 0.3) is 0 Å². The fourth-order valence-electron chi connectivity index (χ4n) is 0.919. The van der Waals surface area contributed by atoms with Crippen LogP contribution in [-0.2, 0) is 9.53 Å². The number of amides is 1. The van der Waals surface area contributed by atoms with E-state index >= 15 is 0 Å². The number of methoxy groups -OCH3 is 1. The Morgan fingerprint density at radius 3 is 2.93 bits per heavy atom. The Morgan fingerprint density at radius 1 is 1.64 bits per heavy atom. The summed E-state index contributed by atoms with van der Waals surface area (Å²) in [4.78, 5) is 11.3. The molecule has 0 aromatic heterocycles. The van der Waals surface area contributed by atoms with Crippen LogP contribution in [0.2, 0.25) is 0 Å². The summed E-state index contributed by atoms with van der Waals surface area (Å²) in [5, 5.41) is 5.67. The minimum Gasteiger partial charge on any atom is -0.385 e. The highest BCUT2D eigenvalue weighted by Crippen LogP contribution is 1.84. The van der Waals surface area contributed by atoms with Gasteiger partial charge in [0, 0.05) is 13.7 Å². The number of carbonyl (C=O) groups is 1. The lowest BCUT2D eigenvalue weighted by atomic mass is 10.3. The highest BCUT2D eigenvalue weighted by molar-refractivity contribution is 5.81. The first-order valence-corrected chi connectivity index (χ1v) is 4.66. The van der Waals surface area contributed by atoms with Crippen molar-refractivity contribution < 1.29 is 9.53 Å². The van der Waals surface area contributed by atoms with Gasteiger partial charge in [0.25, 0.3) is 0 Å². The maximum atomic E-state index is 11.3. The number of rotatable bonds is 7. The summed E-state index contributed by atoms with van der Waals surface area (Å²) in [6, 6.07) is -0.208. The van der Waals surface area contributed by atoms with Crippen LogP contribution in [0, 0.1) is 12.3 Å². The Morgan fingerprint density at radius 2 is 2.36 bits per heavy atom. The van der Waals surface area contributed by atoms with Crippen LogP contribution in [0.5, 0.6) is 0 Å². The van der Waals surface area contributed by atoms with Gasteiger partial charge in [-0.2, -0.15) is 0 Å². The number of ether oxygens (including phenoxy) is 1. The number of terminal acetylenes is 1. The maximum absolute atomic E-state index is 11.3. The second kappa shape index (κ2) is 8.54. The second-order valence-electron chi connectivity index (χ2n) is 2.94. The summed E-state index contributed by atoms with van der Waals surface area (Å²) in [5.41, 5.74) is 0. The van der Waals surface area contributed by atoms with Gasteiger partial charge >= 0.3 is 0 Å². The molecule has 1 amide bonds. The van der Waals surface area contributed by atoms with Gasteiger partial charge in [-0.25, -0.2) is 0 Å². The van der Waals surface area contributed by atoms with E-state index in [0.717, 1.165) is 13.0 Å². The molecular weight excluding hydrogens is 180 g/mol. The lowest BCUT2D eigenvalue weighted by Crippen LogP contribution is -2.42. The van der Waals surface area contributed by atoms with Crippen LogP contribution in [0.4, 0.5) is 0 Å². The summed E-state index contributed by atoms with van der Waals surface area (Å²) in [5.74, 6) is 2.28. The standard InChI is InChI=1S/C10H18N2O2/c1-4-6-12-10(13)9(2)11-7-5-8-14-3/h1,9,11H,5-8H2,2-3H3,(H,12,13). The van der Waals surface area contributed by atoms with E-state index in [9.17, 15) is 4.79 Å². The minimum absolute atomic E-state index is 0.0691. The zero-order chi connectivity index (χ0) is 10.8. The topological polar surface area (TPSA) is 50.4 Å². The Labute approximate surface area is 85.4 Å². The molecule has 80 valence electrons. The Kier molecular flexibility index (Phi) is 7.90. The van der Waals surface area contributed by atoms with Crippen molar-refractivity contribution in [2.75, 3.05) is 26.8 Å². The van der Waals surface area contributed by atoms with Gasteiger partial charge in [0.2, 0.25) is 5.91 Å². The maximum Gasteiger partial charge on any atom is 0.237 e. The molecule has 0 saturated heterocycles. The molecule has 2 N–H and O–H groups in total. The van der Waals surface area contributed by atoms with Crippen LogP contribution < -0.4 is 10.6 Å². The normalized spacial score (nSPS) is 11.8. The molecule has 0 aliphatic heterocycles. The second-order valence-corrected chi connectivity index (χ2v) is 2.94. The van der Waals surface area contributed by atoms with Gasteiger partial charge in [-0.15, -0.1) is 6.42 Å². The van der Waals surface area contributed by atoms with Gasteiger partial charge in [-0.1, -0.05) is 5.92 Å². The number of hydrogen-bond donors (Lipinski definition) is 2. The van der Waals surface area contributed by atoms with Gasteiger partial charge in [0.15, 0.2) is 0 Å². The van der Waals surface area contributed by atoms with E-state index < -0.39 is 0 Å². The first kappa shape index (κ1) is 12.9. The van der Waals surface area contributed by atoms with Crippen molar-refractivity contribution in [3.63, 3.8) is 0 Å². The quantitative estimate of drug-likeness (QED) is 0.438. The smallest absolute Gasteiger partial charge is 0.237 e. The average molecular weight is 198 g/mol. The van der Waals surface area contributed by atoms with Crippen molar-refractivity contribution in [2.24, 2.45) is 0 Å². The van der Waals surface area contributed by atoms with Gasteiger partial charge in [0.1, 0.15) is 0 Å². The highest BCUT2D eigenvalue weighted by Gasteiger charge is 2.09. The molecule has 0 bridgehead atoms. The number of hydrogen-bond acceptors (Lipinski definition) is 3. The molecule has 0 spiro atoms. The van der Waals surface area contributed by atoms with Crippen molar-refractivity contribution in [3.8, 4) is 12.3 Å². The first-order chi connectivity index (χ1) is 6.72. The summed E-state index contributed by atoms with van der Waals surface area (Å²) >= 11 is 0. The van der Waals surface area contributed by atoms with Crippen LogP contribution in [0.3, 0.4) is 0 Å². The monoisotopic (exact) mass is 198 g/mol. The fourth-order valence-corrected chi connectivity index (χ4v) is 0.919. The third kappa shape index (κ3) is 6.46. The molecule has 0 aromatic carbocycles. The summed E-state index contributed by atoms with van der Waals surface area (Å²) in [7, 11) is 1.66. The molecular formula is C10H18N2O2. The van der Waals surface area contributed by atoms with Crippen LogP contribution in [0.1, 0.15) is 13.3 Å². The van der Waals surface area contributed by atoms with Gasteiger partial charge in [-0.3, -0.25) is 4.79 Å². The Hall–Kier alpha value is -1.05. The van der Waals surface area contributed by atoms with Crippen molar-refractivity contribution >= 4 is 5.91 Å². The number of nitrogens with one attached hydrogen (secondary N) is 2. The van der Waals surface area contributed by atoms with Crippen LogP contribution >= 0.6 is 0 Å². The minimum atomic E-state index is -0.208. The van der Waals surface area contributed by atoms with Gasteiger partial charge < -0.3 is 15.4 Å². The lowest BCUT2D eigenvalue weighted by molar-refractivity contribution is -0.122. The fraction of sp³-hybridized carbons (Fsp3) is 0.700. The third-order valence-electron chi connectivity index (χ3n) is 1.73. The highest BCUT2D eigenvalue weighted by atomic mass is 16.5. The Balaban J connectivity index is 3.47. The molecule has 0 saturated carbocycles. The van der Waals surface area contributed by atoms with E-state index in [2.05, 4.69) is 16.6 Å². The van der Waals surface area contributed by atoms with E-state index in [4.69, 9.17) is 11.2 Å². The van der Waals surface area contributed by atoms with Gasteiger partial charge in [0.05, 0.1) is 12.6 Å². The van der Waals surface area contributed by atoms with Crippen molar-refractivity contribution in [1.29, 1.82) is 0 Å². The van der Waals surface area contributed by atoms with Crippen LogP contribution in [-0.4, -0.2) is 38.8 Å². The molecule has 4 nitrogen and oxygen atoms in total. The molecule has 0 radical (unpaired) electrons. The molecule has 0 fully saturated rings. The summed E-state index contributed by atoms with van der Waals surface area (Å²) in [6.45, 7) is 3.55. The largest absolute Gasteiger partial charge is 0.385 e. The number of carbonyl (C=O) groups excluding carboxylic acids is 1. The first-order valence-electron chi connectivity index (χ1n) is 4.66. The molecule has 4 heteroatoms. The lowest BCUT2D eigenvalue weighted by Gasteiger charge is -2.12. The van der Waals surface area contributed by atoms with E-state index in [0.29, 0.717) is 6.61 Å². The molecule has 0 aromatic rings. The summed E-state index contributed by atoms with van der Waals surface area (Å²) in [6.07, 6.45) is 5.91.